The molecule has 2 amide bonds. The van der Waals surface area contributed by atoms with Crippen LogP contribution in [0, 0.1) is 11.7 Å². The molecular weight excluding hydrogens is 473 g/mol. The van der Waals surface area contributed by atoms with Crippen molar-refractivity contribution in [3.8, 4) is 23.0 Å². The van der Waals surface area contributed by atoms with Gasteiger partial charge in [-0.2, -0.15) is 0 Å². The number of rotatable bonds is 9. The first kappa shape index (κ1) is 26.4. The number of urea groups is 1. The first-order valence-corrected chi connectivity index (χ1v) is 12.8. The number of benzene rings is 2. The minimum absolute atomic E-state index is 0.254. The number of anilines is 1. The molecule has 0 unspecified atom stereocenters. The Hall–Kier alpha value is -3.65. The number of aliphatic hydroxyl groups is 1. The Kier molecular flexibility index (Phi) is 8.61. The van der Waals surface area contributed by atoms with Gasteiger partial charge < -0.3 is 24.8 Å². The van der Waals surface area contributed by atoms with Crippen molar-refractivity contribution in [2.24, 2.45) is 5.92 Å². The summed E-state index contributed by atoms with van der Waals surface area (Å²) < 4.78 is 25.1. The van der Waals surface area contributed by atoms with Crippen LogP contribution < -0.4 is 14.8 Å². The molecule has 3 aromatic rings. The van der Waals surface area contributed by atoms with Gasteiger partial charge in [-0.1, -0.05) is 26.7 Å². The fourth-order valence-electron chi connectivity index (χ4n) is 4.59. The summed E-state index contributed by atoms with van der Waals surface area (Å²) in [6.45, 7) is 5.27. The van der Waals surface area contributed by atoms with E-state index in [0.29, 0.717) is 60.5 Å². The number of hydrogen-bond acceptors (Lipinski definition) is 5. The molecular formula is C29H34FN3O4. The number of piperidine rings is 1. The standard InChI is InChI=1S/C29H34FN3O4/c1-3-21(4-2)19-29(35)11-14-33(15-12-29)28(34)32-23-16-26(36-24-9-7-22(30)8-10-24)18-27(17-23)37-25-6-5-13-31-20-25/h5-10,13,16-18,20-21,35H,3-4,11-12,14-15,19H2,1-2H3,(H,32,34). The largest absolute Gasteiger partial charge is 0.457 e. The van der Waals surface area contributed by atoms with E-state index in [4.69, 9.17) is 9.47 Å². The van der Waals surface area contributed by atoms with Gasteiger partial charge >= 0.3 is 6.03 Å². The highest BCUT2D eigenvalue weighted by atomic mass is 19.1. The summed E-state index contributed by atoms with van der Waals surface area (Å²) >= 11 is 0. The number of hydrogen-bond donors (Lipinski definition) is 2. The van der Waals surface area contributed by atoms with E-state index in [0.717, 1.165) is 19.3 Å². The number of amides is 2. The molecule has 196 valence electrons. The normalized spacial score (nSPS) is 14.9. The van der Waals surface area contributed by atoms with Crippen LogP contribution >= 0.6 is 0 Å². The molecule has 37 heavy (non-hydrogen) atoms. The summed E-state index contributed by atoms with van der Waals surface area (Å²) in [5, 5.41) is 14.0. The molecule has 2 heterocycles. The van der Waals surface area contributed by atoms with Crippen LogP contribution in [-0.2, 0) is 0 Å². The molecule has 0 aliphatic carbocycles. The van der Waals surface area contributed by atoms with Crippen LogP contribution in [0.15, 0.2) is 67.0 Å². The number of halogens is 1. The lowest BCUT2D eigenvalue weighted by Gasteiger charge is -2.39. The second-order valence-electron chi connectivity index (χ2n) is 9.57. The van der Waals surface area contributed by atoms with Gasteiger partial charge in [0.15, 0.2) is 0 Å². The van der Waals surface area contributed by atoms with E-state index in [9.17, 15) is 14.3 Å². The fourth-order valence-corrected chi connectivity index (χ4v) is 4.59. The first-order chi connectivity index (χ1) is 17.9. The van der Waals surface area contributed by atoms with Gasteiger partial charge in [-0.3, -0.25) is 4.98 Å². The van der Waals surface area contributed by atoms with E-state index in [-0.39, 0.29) is 11.8 Å². The van der Waals surface area contributed by atoms with Crippen LogP contribution in [0.2, 0.25) is 0 Å². The SMILES string of the molecule is CCC(CC)CC1(O)CCN(C(=O)Nc2cc(Oc3ccc(F)cc3)cc(Oc3cccnc3)c2)CC1. The van der Waals surface area contributed by atoms with Crippen LogP contribution in [0.25, 0.3) is 0 Å². The molecule has 0 bridgehead atoms. The van der Waals surface area contributed by atoms with E-state index in [2.05, 4.69) is 24.1 Å². The van der Waals surface area contributed by atoms with Crippen LogP contribution in [0.4, 0.5) is 14.9 Å². The zero-order valence-electron chi connectivity index (χ0n) is 21.3. The quantitative estimate of drug-likeness (QED) is 0.326. The van der Waals surface area contributed by atoms with Gasteiger partial charge in [0.2, 0.25) is 0 Å². The Bertz CT molecular complexity index is 1160. The zero-order chi connectivity index (χ0) is 26.3. The lowest BCUT2D eigenvalue weighted by atomic mass is 9.81. The molecule has 0 radical (unpaired) electrons. The van der Waals surface area contributed by atoms with Crippen LogP contribution in [0.5, 0.6) is 23.0 Å². The number of pyridine rings is 1. The average molecular weight is 508 g/mol. The van der Waals surface area contributed by atoms with E-state index < -0.39 is 5.60 Å². The van der Waals surface area contributed by atoms with Gasteiger partial charge in [0.1, 0.15) is 28.8 Å². The Morgan fingerprint density at radius 3 is 2.27 bits per heavy atom. The third-order valence-corrected chi connectivity index (χ3v) is 6.86. The molecule has 1 fully saturated rings. The predicted molar refractivity (Wildman–Crippen MR) is 141 cm³/mol. The maximum Gasteiger partial charge on any atom is 0.321 e. The molecule has 0 atom stereocenters. The van der Waals surface area contributed by atoms with Gasteiger partial charge in [-0.15, -0.1) is 0 Å². The monoisotopic (exact) mass is 507 g/mol. The van der Waals surface area contributed by atoms with Gasteiger partial charge in [0.25, 0.3) is 0 Å². The summed E-state index contributed by atoms with van der Waals surface area (Å²) in [5.74, 6) is 1.98. The number of aromatic nitrogens is 1. The number of nitrogens with zero attached hydrogens (tertiary/aromatic N) is 2. The molecule has 4 rings (SSSR count). The zero-order valence-corrected chi connectivity index (χ0v) is 21.3. The van der Waals surface area contributed by atoms with Crippen molar-refractivity contribution in [3.63, 3.8) is 0 Å². The third kappa shape index (κ3) is 7.43. The maximum absolute atomic E-state index is 13.3. The molecule has 7 nitrogen and oxygen atoms in total. The topological polar surface area (TPSA) is 83.9 Å². The lowest BCUT2D eigenvalue weighted by Crippen LogP contribution is -2.48. The fraction of sp³-hybridized carbons (Fsp3) is 0.379. The number of likely N-dealkylation sites (tertiary alicyclic amines) is 1. The van der Waals surface area contributed by atoms with Crippen molar-refractivity contribution in [2.45, 2.75) is 51.6 Å². The predicted octanol–water partition coefficient (Wildman–Crippen LogP) is 6.99. The van der Waals surface area contributed by atoms with Crippen LogP contribution in [0.1, 0.15) is 46.0 Å². The van der Waals surface area contributed by atoms with E-state index in [1.165, 1.54) is 24.3 Å². The number of carbonyl (C=O) groups excluding carboxylic acids is 1. The highest BCUT2D eigenvalue weighted by Gasteiger charge is 2.35. The number of carbonyl (C=O) groups is 1. The van der Waals surface area contributed by atoms with E-state index in [1.807, 2.05) is 0 Å². The van der Waals surface area contributed by atoms with Gasteiger partial charge in [-0.25, -0.2) is 9.18 Å². The first-order valence-electron chi connectivity index (χ1n) is 12.8. The Balaban J connectivity index is 1.47. The molecule has 0 saturated carbocycles. The summed E-state index contributed by atoms with van der Waals surface area (Å²) in [6.07, 6.45) is 7.21. The smallest absolute Gasteiger partial charge is 0.321 e. The Labute approximate surface area is 217 Å². The van der Waals surface area contributed by atoms with Crippen molar-refractivity contribution in [1.82, 2.24) is 9.88 Å². The van der Waals surface area contributed by atoms with Crippen molar-refractivity contribution >= 4 is 11.7 Å². The third-order valence-electron chi connectivity index (χ3n) is 6.86. The molecule has 2 N–H and O–H groups in total. The van der Waals surface area contributed by atoms with Crippen molar-refractivity contribution < 1.29 is 23.8 Å². The van der Waals surface area contributed by atoms with Crippen molar-refractivity contribution in [3.05, 3.63) is 72.8 Å². The Morgan fingerprint density at radius 1 is 1.03 bits per heavy atom. The van der Waals surface area contributed by atoms with Gasteiger partial charge in [0.05, 0.1) is 11.8 Å². The molecule has 1 aliphatic heterocycles. The molecule has 8 heteroatoms. The minimum atomic E-state index is -0.721. The summed E-state index contributed by atoms with van der Waals surface area (Å²) in [4.78, 5) is 18.9. The van der Waals surface area contributed by atoms with Gasteiger partial charge in [-0.05, 0) is 61.6 Å². The highest BCUT2D eigenvalue weighted by Crippen LogP contribution is 2.34. The van der Waals surface area contributed by atoms with E-state index in [1.54, 1.807) is 47.6 Å². The van der Waals surface area contributed by atoms with Crippen LogP contribution in [0.3, 0.4) is 0 Å². The van der Waals surface area contributed by atoms with E-state index >= 15 is 0 Å². The molecule has 1 aliphatic rings. The minimum Gasteiger partial charge on any atom is -0.457 e. The molecule has 1 saturated heterocycles. The summed E-state index contributed by atoms with van der Waals surface area (Å²) in [5.41, 5.74) is -0.234. The second-order valence-corrected chi connectivity index (χ2v) is 9.57. The summed E-state index contributed by atoms with van der Waals surface area (Å²) in [6, 6.07) is 14.0. The molecule has 2 aromatic carbocycles. The molecule has 0 spiro atoms. The van der Waals surface area contributed by atoms with Gasteiger partial charge in [0, 0.05) is 43.2 Å². The molecule has 1 aromatic heterocycles. The maximum atomic E-state index is 13.3. The number of nitrogens with one attached hydrogen (secondary N) is 1. The van der Waals surface area contributed by atoms with Crippen LogP contribution in [-0.4, -0.2) is 39.7 Å². The lowest BCUT2D eigenvalue weighted by molar-refractivity contribution is -0.0309. The average Bonchev–Trinajstić information content (AvgIpc) is 2.89. The van der Waals surface area contributed by atoms with Crippen molar-refractivity contribution in [2.75, 3.05) is 18.4 Å². The Morgan fingerprint density at radius 2 is 1.68 bits per heavy atom. The van der Waals surface area contributed by atoms with Crippen molar-refractivity contribution in [1.29, 1.82) is 0 Å². The second kappa shape index (κ2) is 12.1. The number of ether oxygens (including phenoxy) is 2. The summed E-state index contributed by atoms with van der Waals surface area (Å²) in [7, 11) is 0. The highest BCUT2D eigenvalue weighted by molar-refractivity contribution is 5.90.